The Kier molecular flexibility index (Phi) is 4.40. The second-order valence-electron chi connectivity index (χ2n) is 5.50. The molecule has 2 aliphatic carbocycles. The average molecular weight is 239 g/mol. The molecule has 4 nitrogen and oxygen atoms in total. The van der Waals surface area contributed by atoms with Crippen LogP contribution < -0.4 is 16.4 Å². The lowest BCUT2D eigenvalue weighted by molar-refractivity contribution is -0.126. The molecule has 17 heavy (non-hydrogen) atoms. The van der Waals surface area contributed by atoms with Crippen LogP contribution in [0.4, 0.5) is 0 Å². The van der Waals surface area contributed by atoms with Crippen molar-refractivity contribution in [3.05, 3.63) is 0 Å². The Labute approximate surface area is 104 Å². The molecule has 2 fully saturated rings. The summed E-state index contributed by atoms with van der Waals surface area (Å²) in [6.07, 6.45) is 8.04. The molecule has 3 unspecified atom stereocenters. The zero-order valence-electron chi connectivity index (χ0n) is 10.7. The molecule has 1 amide bonds. The second kappa shape index (κ2) is 5.83. The van der Waals surface area contributed by atoms with Gasteiger partial charge in [-0.3, -0.25) is 4.79 Å². The van der Waals surface area contributed by atoms with Crippen LogP contribution in [0.15, 0.2) is 0 Å². The molecule has 0 heterocycles. The Hall–Kier alpha value is -0.610. The third kappa shape index (κ3) is 2.99. The third-order valence-electron chi connectivity index (χ3n) is 4.38. The maximum atomic E-state index is 12.2. The van der Waals surface area contributed by atoms with Crippen LogP contribution in [0, 0.1) is 5.92 Å². The highest BCUT2D eigenvalue weighted by molar-refractivity contribution is 5.80. The fraction of sp³-hybridized carbons (Fsp3) is 0.923. The van der Waals surface area contributed by atoms with Crippen LogP contribution in [0.1, 0.15) is 44.9 Å². The first kappa shape index (κ1) is 12.8. The molecular weight excluding hydrogens is 214 g/mol. The van der Waals surface area contributed by atoms with Gasteiger partial charge in [0.2, 0.25) is 5.91 Å². The van der Waals surface area contributed by atoms with Gasteiger partial charge in [-0.1, -0.05) is 19.3 Å². The van der Waals surface area contributed by atoms with E-state index in [1.807, 2.05) is 7.05 Å². The lowest BCUT2D eigenvalue weighted by Gasteiger charge is -2.26. The van der Waals surface area contributed by atoms with Gasteiger partial charge in [-0.15, -0.1) is 0 Å². The van der Waals surface area contributed by atoms with Gasteiger partial charge in [0.15, 0.2) is 0 Å². The lowest BCUT2D eigenvalue weighted by Crippen LogP contribution is -2.49. The molecule has 0 aromatic carbocycles. The van der Waals surface area contributed by atoms with E-state index in [2.05, 4.69) is 10.6 Å². The van der Waals surface area contributed by atoms with E-state index in [0.29, 0.717) is 12.1 Å². The van der Waals surface area contributed by atoms with E-state index in [1.165, 1.54) is 19.3 Å². The number of hydrogen-bond acceptors (Lipinski definition) is 3. The van der Waals surface area contributed by atoms with Gasteiger partial charge >= 0.3 is 0 Å². The Morgan fingerprint density at radius 2 is 1.82 bits per heavy atom. The monoisotopic (exact) mass is 239 g/mol. The lowest BCUT2D eigenvalue weighted by atomic mass is 9.94. The van der Waals surface area contributed by atoms with Crippen LogP contribution in [0.5, 0.6) is 0 Å². The van der Waals surface area contributed by atoms with Crippen molar-refractivity contribution in [2.75, 3.05) is 7.05 Å². The zero-order valence-corrected chi connectivity index (χ0v) is 10.7. The summed E-state index contributed by atoms with van der Waals surface area (Å²) < 4.78 is 0. The summed E-state index contributed by atoms with van der Waals surface area (Å²) in [4.78, 5) is 12.2. The summed E-state index contributed by atoms with van der Waals surface area (Å²) in [7, 11) is 1.92. The molecule has 0 saturated heterocycles. The van der Waals surface area contributed by atoms with E-state index in [1.54, 1.807) is 0 Å². The molecule has 4 heteroatoms. The van der Waals surface area contributed by atoms with Gasteiger partial charge in [0.1, 0.15) is 0 Å². The van der Waals surface area contributed by atoms with Gasteiger partial charge in [-0.25, -0.2) is 0 Å². The Balaban J connectivity index is 1.83. The van der Waals surface area contributed by atoms with E-state index in [4.69, 9.17) is 5.73 Å². The predicted octanol–water partition coefficient (Wildman–Crippen LogP) is 0.761. The number of hydrogen-bond donors (Lipinski definition) is 3. The number of nitrogens with one attached hydrogen (secondary N) is 2. The van der Waals surface area contributed by atoms with Crippen molar-refractivity contribution < 1.29 is 4.79 Å². The van der Waals surface area contributed by atoms with E-state index in [-0.39, 0.29) is 17.9 Å². The number of nitrogens with two attached hydrogens (primary N) is 1. The van der Waals surface area contributed by atoms with Gasteiger partial charge in [0.25, 0.3) is 0 Å². The van der Waals surface area contributed by atoms with E-state index >= 15 is 0 Å². The van der Waals surface area contributed by atoms with Crippen molar-refractivity contribution in [2.24, 2.45) is 11.7 Å². The normalized spacial score (nSPS) is 34.8. The third-order valence-corrected chi connectivity index (χ3v) is 4.38. The highest BCUT2D eigenvalue weighted by Gasteiger charge is 2.37. The van der Waals surface area contributed by atoms with Crippen LogP contribution in [0.25, 0.3) is 0 Å². The largest absolute Gasteiger partial charge is 0.353 e. The number of likely N-dealkylation sites (N-methyl/N-ethyl adjacent to an activating group) is 1. The summed E-state index contributed by atoms with van der Waals surface area (Å²) in [5.74, 6) is 0.191. The van der Waals surface area contributed by atoms with Crippen LogP contribution in [-0.4, -0.2) is 31.1 Å². The minimum Gasteiger partial charge on any atom is -0.353 e. The fourth-order valence-electron chi connectivity index (χ4n) is 3.22. The Morgan fingerprint density at radius 1 is 1.12 bits per heavy atom. The molecule has 0 bridgehead atoms. The van der Waals surface area contributed by atoms with Crippen molar-refractivity contribution in [2.45, 2.75) is 63.1 Å². The van der Waals surface area contributed by atoms with E-state index in [0.717, 1.165) is 25.7 Å². The molecular formula is C13H25N3O. The summed E-state index contributed by atoms with van der Waals surface area (Å²) in [6, 6.07) is 0.679. The Morgan fingerprint density at radius 3 is 2.41 bits per heavy atom. The molecule has 2 aliphatic rings. The zero-order chi connectivity index (χ0) is 12.3. The standard InChI is InChI=1S/C13H25N3O/c1-15-11-8-7-10(12(11)14)13(17)16-9-5-3-2-4-6-9/h9-12,15H,2-8,14H2,1H3,(H,16,17). The highest BCUT2D eigenvalue weighted by Crippen LogP contribution is 2.26. The number of rotatable bonds is 3. The summed E-state index contributed by atoms with van der Waals surface area (Å²) in [6.45, 7) is 0. The minimum absolute atomic E-state index is 0.00868. The van der Waals surface area contributed by atoms with Gasteiger partial charge in [0.05, 0.1) is 5.92 Å². The smallest absolute Gasteiger partial charge is 0.224 e. The highest BCUT2D eigenvalue weighted by atomic mass is 16.2. The Bertz CT molecular complexity index is 263. The van der Waals surface area contributed by atoms with Crippen LogP contribution in [0.3, 0.4) is 0 Å². The van der Waals surface area contributed by atoms with Crippen molar-refractivity contribution in [1.82, 2.24) is 10.6 Å². The minimum atomic E-state index is -0.0245. The van der Waals surface area contributed by atoms with Crippen molar-refractivity contribution in [3.8, 4) is 0 Å². The number of carbonyl (C=O) groups is 1. The first-order valence-electron chi connectivity index (χ1n) is 6.95. The SMILES string of the molecule is CNC1CCC(C(=O)NC2CCCCC2)C1N. The van der Waals surface area contributed by atoms with E-state index in [9.17, 15) is 4.79 Å². The molecule has 0 aromatic rings. The first-order chi connectivity index (χ1) is 8.22. The molecule has 0 radical (unpaired) electrons. The molecule has 0 aliphatic heterocycles. The van der Waals surface area contributed by atoms with Gasteiger partial charge < -0.3 is 16.4 Å². The van der Waals surface area contributed by atoms with Crippen molar-refractivity contribution in [1.29, 1.82) is 0 Å². The fourth-order valence-corrected chi connectivity index (χ4v) is 3.22. The van der Waals surface area contributed by atoms with Crippen molar-refractivity contribution in [3.63, 3.8) is 0 Å². The molecule has 4 N–H and O–H groups in total. The summed E-state index contributed by atoms with van der Waals surface area (Å²) in [5, 5.41) is 6.39. The molecule has 3 atom stereocenters. The van der Waals surface area contributed by atoms with Crippen molar-refractivity contribution >= 4 is 5.91 Å². The summed E-state index contributed by atoms with van der Waals surface area (Å²) >= 11 is 0. The average Bonchev–Trinajstić information content (AvgIpc) is 2.71. The maximum Gasteiger partial charge on any atom is 0.224 e. The quantitative estimate of drug-likeness (QED) is 0.681. The van der Waals surface area contributed by atoms with Crippen LogP contribution in [0.2, 0.25) is 0 Å². The molecule has 98 valence electrons. The number of carbonyl (C=O) groups excluding carboxylic acids is 1. The second-order valence-corrected chi connectivity index (χ2v) is 5.50. The first-order valence-corrected chi connectivity index (χ1v) is 6.95. The molecule has 0 spiro atoms. The molecule has 0 aromatic heterocycles. The summed E-state index contributed by atoms with van der Waals surface area (Å²) in [5.41, 5.74) is 6.12. The number of amides is 1. The van der Waals surface area contributed by atoms with Crippen LogP contribution in [-0.2, 0) is 4.79 Å². The van der Waals surface area contributed by atoms with Gasteiger partial charge in [-0.05, 0) is 32.7 Å². The molecule has 2 rings (SSSR count). The van der Waals surface area contributed by atoms with Crippen LogP contribution >= 0.6 is 0 Å². The van der Waals surface area contributed by atoms with E-state index < -0.39 is 0 Å². The maximum absolute atomic E-state index is 12.2. The van der Waals surface area contributed by atoms with Gasteiger partial charge in [0, 0.05) is 18.1 Å². The molecule has 2 saturated carbocycles. The topological polar surface area (TPSA) is 67.2 Å². The van der Waals surface area contributed by atoms with Gasteiger partial charge in [-0.2, -0.15) is 0 Å². The predicted molar refractivity (Wildman–Crippen MR) is 68.6 cm³/mol.